The summed E-state index contributed by atoms with van der Waals surface area (Å²) in [5.41, 5.74) is 0.982. The highest BCUT2D eigenvalue weighted by atomic mass is 35.5. The van der Waals surface area contributed by atoms with Gasteiger partial charge in [-0.05, 0) is 44.4 Å². The quantitative estimate of drug-likeness (QED) is 0.637. The number of aromatic nitrogens is 1. The number of carbonyl (C=O) groups is 2. The van der Waals surface area contributed by atoms with E-state index in [-0.39, 0.29) is 23.0 Å². The normalized spacial score (nSPS) is 16.6. The Bertz CT molecular complexity index is 865. The lowest BCUT2D eigenvalue weighted by atomic mass is 9.74. The van der Waals surface area contributed by atoms with Gasteiger partial charge >= 0.3 is 0 Å². The van der Waals surface area contributed by atoms with Crippen LogP contribution in [-0.4, -0.2) is 47.7 Å². The number of nitrogens with one attached hydrogen (secondary N) is 2. The van der Waals surface area contributed by atoms with E-state index in [9.17, 15) is 9.59 Å². The lowest BCUT2D eigenvalue weighted by molar-refractivity contribution is -0.119. The summed E-state index contributed by atoms with van der Waals surface area (Å²) in [7, 11) is 0. The number of thioether (sulfide) groups is 1. The van der Waals surface area contributed by atoms with Gasteiger partial charge in [-0.25, -0.2) is 0 Å². The number of halogens is 1. The number of ether oxygens (including phenoxy) is 1. The van der Waals surface area contributed by atoms with Gasteiger partial charge in [-0.1, -0.05) is 28.9 Å². The molecule has 0 aliphatic carbocycles. The smallest absolute Gasteiger partial charge is 0.238 e. The first-order chi connectivity index (χ1) is 14.4. The Morgan fingerprint density at radius 2 is 1.97 bits per heavy atom. The van der Waals surface area contributed by atoms with Gasteiger partial charge in [0, 0.05) is 36.3 Å². The first-order valence-corrected chi connectivity index (χ1v) is 11.3. The highest BCUT2D eigenvalue weighted by molar-refractivity contribution is 8.01. The molecule has 2 heterocycles. The van der Waals surface area contributed by atoms with Crippen molar-refractivity contribution >= 4 is 41.0 Å². The Labute approximate surface area is 185 Å². The van der Waals surface area contributed by atoms with Crippen LogP contribution >= 0.6 is 23.4 Å². The molecule has 1 aromatic carbocycles. The van der Waals surface area contributed by atoms with Gasteiger partial charge in [-0.2, -0.15) is 0 Å². The third-order valence-electron chi connectivity index (χ3n) is 5.24. The molecule has 0 spiro atoms. The molecule has 1 saturated heterocycles. The minimum absolute atomic E-state index is 0.100. The number of carbonyl (C=O) groups excluding carboxylic acids is 2. The molecule has 0 bridgehead atoms. The summed E-state index contributed by atoms with van der Waals surface area (Å²) in [4.78, 5) is 24.7. The largest absolute Gasteiger partial charge is 0.381 e. The number of aryl methyl sites for hydroxylation is 1. The average Bonchev–Trinajstić information content (AvgIpc) is 3.16. The molecule has 1 aliphatic heterocycles. The van der Waals surface area contributed by atoms with Gasteiger partial charge in [0.25, 0.3) is 0 Å². The van der Waals surface area contributed by atoms with Crippen LogP contribution in [-0.2, 0) is 19.7 Å². The van der Waals surface area contributed by atoms with Crippen LogP contribution in [0, 0.1) is 6.92 Å². The number of hydrogen-bond donors (Lipinski definition) is 2. The molecule has 30 heavy (non-hydrogen) atoms. The lowest BCUT2D eigenvalue weighted by Gasteiger charge is -2.38. The lowest BCUT2D eigenvalue weighted by Crippen LogP contribution is -2.45. The van der Waals surface area contributed by atoms with Crippen molar-refractivity contribution in [2.75, 3.05) is 30.8 Å². The molecule has 162 valence electrons. The zero-order valence-electron chi connectivity index (χ0n) is 17.1. The number of rotatable bonds is 8. The van der Waals surface area contributed by atoms with E-state index in [0.29, 0.717) is 36.4 Å². The van der Waals surface area contributed by atoms with E-state index in [2.05, 4.69) is 15.8 Å². The molecule has 1 fully saturated rings. The minimum atomic E-state index is -0.402. The van der Waals surface area contributed by atoms with Crippen molar-refractivity contribution in [3.8, 4) is 0 Å². The van der Waals surface area contributed by atoms with Crippen molar-refractivity contribution in [2.45, 2.75) is 37.4 Å². The van der Waals surface area contributed by atoms with Crippen LogP contribution in [0.5, 0.6) is 0 Å². The van der Waals surface area contributed by atoms with Gasteiger partial charge in [0.15, 0.2) is 5.82 Å². The van der Waals surface area contributed by atoms with Crippen LogP contribution in [0.1, 0.15) is 31.1 Å². The van der Waals surface area contributed by atoms with Gasteiger partial charge in [-0.3, -0.25) is 9.59 Å². The molecular formula is C21H26ClN3O4S. The first kappa shape index (κ1) is 22.7. The zero-order valence-corrected chi connectivity index (χ0v) is 18.6. The van der Waals surface area contributed by atoms with Crippen LogP contribution in [0.3, 0.4) is 0 Å². The topological polar surface area (TPSA) is 93.5 Å². The maximum absolute atomic E-state index is 12.5. The molecule has 1 unspecified atom stereocenters. The molecule has 3 rings (SSSR count). The molecule has 1 atom stereocenters. The summed E-state index contributed by atoms with van der Waals surface area (Å²) in [5.74, 6) is 0.867. The fraction of sp³-hybridized carbons (Fsp3) is 0.476. The van der Waals surface area contributed by atoms with E-state index in [1.54, 1.807) is 19.9 Å². The second-order valence-corrected chi connectivity index (χ2v) is 9.21. The molecular weight excluding hydrogens is 426 g/mol. The number of anilines is 1. The Balaban J connectivity index is 1.50. The fourth-order valence-corrected chi connectivity index (χ4v) is 4.22. The van der Waals surface area contributed by atoms with Crippen molar-refractivity contribution in [1.82, 2.24) is 10.5 Å². The van der Waals surface area contributed by atoms with Crippen LogP contribution in [0.15, 0.2) is 34.9 Å². The fourth-order valence-electron chi connectivity index (χ4n) is 3.38. The summed E-state index contributed by atoms with van der Waals surface area (Å²) >= 11 is 7.31. The van der Waals surface area contributed by atoms with Crippen molar-refractivity contribution in [3.05, 3.63) is 46.7 Å². The third-order valence-corrected chi connectivity index (χ3v) is 6.64. The molecule has 0 radical (unpaired) electrons. The minimum Gasteiger partial charge on any atom is -0.381 e. The van der Waals surface area contributed by atoms with E-state index in [1.807, 2.05) is 24.3 Å². The van der Waals surface area contributed by atoms with Gasteiger partial charge in [0.2, 0.25) is 11.8 Å². The third kappa shape index (κ3) is 6.00. The zero-order chi connectivity index (χ0) is 21.6. The van der Waals surface area contributed by atoms with Crippen molar-refractivity contribution in [2.24, 2.45) is 0 Å². The Morgan fingerprint density at radius 1 is 1.27 bits per heavy atom. The monoisotopic (exact) mass is 451 g/mol. The number of benzene rings is 1. The first-order valence-electron chi connectivity index (χ1n) is 9.84. The highest BCUT2D eigenvalue weighted by Gasteiger charge is 2.34. The predicted molar refractivity (Wildman–Crippen MR) is 118 cm³/mol. The Morgan fingerprint density at radius 3 is 2.60 bits per heavy atom. The van der Waals surface area contributed by atoms with E-state index in [0.717, 1.165) is 18.4 Å². The number of nitrogens with zero attached hydrogens (tertiary/aromatic N) is 1. The molecule has 0 saturated carbocycles. The average molecular weight is 452 g/mol. The van der Waals surface area contributed by atoms with Gasteiger partial charge in [0.1, 0.15) is 5.76 Å². The van der Waals surface area contributed by atoms with Crippen molar-refractivity contribution in [1.29, 1.82) is 0 Å². The van der Waals surface area contributed by atoms with E-state index in [4.69, 9.17) is 20.9 Å². The molecule has 9 heteroatoms. The van der Waals surface area contributed by atoms with Crippen molar-refractivity contribution < 1.29 is 18.8 Å². The Hall–Kier alpha value is -2.03. The number of hydrogen-bond acceptors (Lipinski definition) is 6. The summed E-state index contributed by atoms with van der Waals surface area (Å²) < 4.78 is 10.5. The van der Waals surface area contributed by atoms with E-state index in [1.165, 1.54) is 11.8 Å². The molecule has 1 aliphatic rings. The number of amides is 2. The highest BCUT2D eigenvalue weighted by Crippen LogP contribution is 2.35. The molecule has 7 nitrogen and oxygen atoms in total. The second kappa shape index (κ2) is 10.3. The van der Waals surface area contributed by atoms with Crippen LogP contribution in [0.25, 0.3) is 0 Å². The maximum Gasteiger partial charge on any atom is 0.238 e. The standard InChI is InChI=1S/C21H26ClN3O4S/c1-14-11-18(25-29-14)24-20(27)15(2)30-12-19(26)23-13-21(7-9-28-10-8-21)16-3-5-17(22)6-4-16/h3-6,11,15H,7-10,12-13H2,1-2H3,(H,23,26)(H,24,25,27). The van der Waals surface area contributed by atoms with Gasteiger partial charge < -0.3 is 19.9 Å². The maximum atomic E-state index is 12.5. The SMILES string of the molecule is Cc1cc(NC(=O)C(C)SCC(=O)NCC2(c3ccc(Cl)cc3)CCOCC2)no1. The molecule has 2 amide bonds. The van der Waals surface area contributed by atoms with E-state index >= 15 is 0 Å². The summed E-state index contributed by atoms with van der Waals surface area (Å²) in [6, 6.07) is 9.44. The summed E-state index contributed by atoms with van der Waals surface area (Å²) in [6.07, 6.45) is 1.66. The molecule has 1 aromatic heterocycles. The molecule has 2 N–H and O–H groups in total. The summed E-state index contributed by atoms with van der Waals surface area (Å²) in [5, 5.41) is 9.76. The van der Waals surface area contributed by atoms with Crippen molar-refractivity contribution in [3.63, 3.8) is 0 Å². The predicted octanol–water partition coefficient (Wildman–Crippen LogP) is 3.56. The van der Waals surface area contributed by atoms with E-state index < -0.39 is 5.25 Å². The van der Waals surface area contributed by atoms with Gasteiger partial charge in [-0.15, -0.1) is 11.8 Å². The van der Waals surface area contributed by atoms with Gasteiger partial charge in [0.05, 0.1) is 11.0 Å². The Kier molecular flexibility index (Phi) is 7.80. The second-order valence-electron chi connectivity index (χ2n) is 7.44. The molecule has 2 aromatic rings. The van der Waals surface area contributed by atoms with Crippen LogP contribution < -0.4 is 10.6 Å². The summed E-state index contributed by atoms with van der Waals surface area (Å²) in [6.45, 7) is 5.35. The van der Waals surface area contributed by atoms with Crippen LogP contribution in [0.2, 0.25) is 5.02 Å². The van der Waals surface area contributed by atoms with Crippen LogP contribution in [0.4, 0.5) is 5.82 Å².